The summed E-state index contributed by atoms with van der Waals surface area (Å²) in [5.74, 6) is -1.00. The molecule has 5 nitrogen and oxygen atoms in total. The van der Waals surface area contributed by atoms with E-state index in [0.29, 0.717) is 18.1 Å². The van der Waals surface area contributed by atoms with E-state index in [4.69, 9.17) is 16.7 Å². The molecule has 1 amide bonds. The molecule has 0 aromatic heterocycles. The number of amides is 1. The maximum atomic E-state index is 11.6. The quantitative estimate of drug-likeness (QED) is 0.803. The van der Waals surface area contributed by atoms with E-state index in [1.165, 1.54) is 0 Å². The van der Waals surface area contributed by atoms with Crippen molar-refractivity contribution in [2.45, 2.75) is 13.0 Å². The van der Waals surface area contributed by atoms with E-state index in [0.717, 1.165) is 5.56 Å². The van der Waals surface area contributed by atoms with Crippen LogP contribution < -0.4 is 5.32 Å². The van der Waals surface area contributed by atoms with Gasteiger partial charge in [0.2, 0.25) is 5.91 Å². The summed E-state index contributed by atoms with van der Waals surface area (Å²) in [5, 5.41) is 12.0. The molecule has 0 aliphatic rings. The molecule has 0 saturated carbocycles. The lowest BCUT2D eigenvalue weighted by Gasteiger charge is -2.15. The third kappa shape index (κ3) is 7.99. The van der Waals surface area contributed by atoms with E-state index in [1.807, 2.05) is 12.1 Å². The van der Waals surface area contributed by atoms with Crippen LogP contribution in [0.1, 0.15) is 12.0 Å². The zero-order valence-electron chi connectivity index (χ0n) is 11.1. The summed E-state index contributed by atoms with van der Waals surface area (Å²) in [6, 6.07) is 7.22. The van der Waals surface area contributed by atoms with Crippen LogP contribution in [0.5, 0.6) is 0 Å². The highest BCUT2D eigenvalue weighted by atomic mass is 35.5. The van der Waals surface area contributed by atoms with Gasteiger partial charge in [0, 0.05) is 18.1 Å². The fourth-order valence-electron chi connectivity index (χ4n) is 1.47. The fraction of sp³-hybridized carbons (Fsp3) is 0.385. The van der Waals surface area contributed by atoms with Crippen molar-refractivity contribution < 1.29 is 14.7 Å². The molecule has 112 valence electrons. The molecule has 0 unspecified atom stereocenters. The van der Waals surface area contributed by atoms with Crippen molar-refractivity contribution >= 4 is 35.9 Å². The monoisotopic (exact) mass is 320 g/mol. The van der Waals surface area contributed by atoms with E-state index in [2.05, 4.69) is 5.32 Å². The Morgan fingerprint density at radius 3 is 2.45 bits per heavy atom. The molecule has 0 aliphatic heterocycles. The molecule has 0 radical (unpaired) electrons. The molecule has 0 aliphatic carbocycles. The number of hydrogen-bond donors (Lipinski definition) is 2. The van der Waals surface area contributed by atoms with Crippen molar-refractivity contribution in [3.63, 3.8) is 0 Å². The number of nitrogens with one attached hydrogen (secondary N) is 1. The lowest BCUT2D eigenvalue weighted by Crippen LogP contribution is -2.35. The molecule has 20 heavy (non-hydrogen) atoms. The van der Waals surface area contributed by atoms with E-state index in [1.54, 1.807) is 24.1 Å². The molecule has 1 aromatic rings. The highest BCUT2D eigenvalue weighted by molar-refractivity contribution is 6.30. The number of aliphatic carboxylic acids is 1. The van der Waals surface area contributed by atoms with Gasteiger partial charge in [-0.25, -0.2) is 0 Å². The first-order chi connectivity index (χ1) is 8.97. The average molecular weight is 321 g/mol. The Labute approximate surface area is 129 Å². The largest absolute Gasteiger partial charge is 0.481 e. The van der Waals surface area contributed by atoms with E-state index in [-0.39, 0.29) is 31.3 Å². The first-order valence-electron chi connectivity index (χ1n) is 5.89. The molecule has 7 heteroatoms. The van der Waals surface area contributed by atoms with Crippen LogP contribution in [0.15, 0.2) is 24.3 Å². The number of carbonyl (C=O) groups is 2. The van der Waals surface area contributed by atoms with Gasteiger partial charge in [-0.3, -0.25) is 14.5 Å². The van der Waals surface area contributed by atoms with Crippen LogP contribution in [0, 0.1) is 0 Å². The molecule has 0 atom stereocenters. The molecule has 0 saturated heterocycles. The second-order valence-electron chi connectivity index (χ2n) is 4.28. The number of hydrogen-bond acceptors (Lipinski definition) is 3. The predicted octanol–water partition coefficient (Wildman–Crippen LogP) is 1.78. The number of carbonyl (C=O) groups excluding carboxylic acids is 1. The summed E-state index contributed by atoms with van der Waals surface area (Å²) < 4.78 is 0. The van der Waals surface area contributed by atoms with E-state index < -0.39 is 5.97 Å². The zero-order valence-corrected chi connectivity index (χ0v) is 12.7. The van der Waals surface area contributed by atoms with E-state index in [9.17, 15) is 9.59 Å². The van der Waals surface area contributed by atoms with Crippen molar-refractivity contribution in [2.75, 3.05) is 20.1 Å². The summed E-state index contributed by atoms with van der Waals surface area (Å²) in [6.45, 7) is 0.966. The summed E-state index contributed by atoms with van der Waals surface area (Å²) >= 11 is 5.76. The predicted molar refractivity (Wildman–Crippen MR) is 80.3 cm³/mol. The van der Waals surface area contributed by atoms with Gasteiger partial charge in [-0.1, -0.05) is 23.7 Å². The maximum Gasteiger partial charge on any atom is 0.304 e. The third-order valence-corrected chi connectivity index (χ3v) is 2.78. The van der Waals surface area contributed by atoms with Crippen LogP contribution in [0.3, 0.4) is 0 Å². The standard InChI is InChI=1S/C13H17ClN2O3.ClH/c1-16(7-6-13(18)19)9-12(17)15-8-10-2-4-11(14)5-3-10;/h2-5H,6-9H2,1H3,(H,15,17)(H,18,19);1H. The molecule has 0 bridgehead atoms. The topological polar surface area (TPSA) is 69.6 Å². The Hall–Kier alpha value is -1.30. The van der Waals surface area contributed by atoms with Crippen LogP contribution in [0.25, 0.3) is 0 Å². The Kier molecular flexibility index (Phi) is 8.96. The number of carboxylic acids is 1. The van der Waals surface area contributed by atoms with Gasteiger partial charge in [-0.2, -0.15) is 0 Å². The highest BCUT2D eigenvalue weighted by Gasteiger charge is 2.07. The molecule has 2 N–H and O–H groups in total. The number of halogens is 2. The Bertz CT molecular complexity index is 438. The maximum absolute atomic E-state index is 11.6. The minimum Gasteiger partial charge on any atom is -0.481 e. The lowest BCUT2D eigenvalue weighted by atomic mass is 10.2. The van der Waals surface area contributed by atoms with Gasteiger partial charge >= 0.3 is 5.97 Å². The smallest absolute Gasteiger partial charge is 0.304 e. The normalized spacial score (nSPS) is 9.95. The number of nitrogens with zero attached hydrogens (tertiary/aromatic N) is 1. The number of likely N-dealkylation sites (N-methyl/N-ethyl adjacent to an activating group) is 1. The minimum atomic E-state index is -0.867. The number of carboxylic acid groups (broad SMARTS) is 1. The van der Waals surface area contributed by atoms with Crippen molar-refractivity contribution in [1.29, 1.82) is 0 Å². The Morgan fingerprint density at radius 1 is 1.30 bits per heavy atom. The SMILES string of the molecule is CN(CCC(=O)O)CC(=O)NCc1ccc(Cl)cc1.Cl. The van der Waals surface area contributed by atoms with Crippen LogP contribution >= 0.6 is 24.0 Å². The Balaban J connectivity index is 0.00000361. The highest BCUT2D eigenvalue weighted by Crippen LogP contribution is 2.08. The van der Waals surface area contributed by atoms with Gasteiger partial charge in [0.25, 0.3) is 0 Å². The first-order valence-corrected chi connectivity index (χ1v) is 6.26. The molecule has 1 aromatic carbocycles. The van der Waals surface area contributed by atoms with Gasteiger partial charge in [0.1, 0.15) is 0 Å². The van der Waals surface area contributed by atoms with E-state index >= 15 is 0 Å². The van der Waals surface area contributed by atoms with Gasteiger partial charge in [0.15, 0.2) is 0 Å². The zero-order chi connectivity index (χ0) is 14.3. The molecule has 0 fully saturated rings. The molecule has 0 heterocycles. The van der Waals surface area contributed by atoms with Crippen molar-refractivity contribution in [3.8, 4) is 0 Å². The van der Waals surface area contributed by atoms with Crippen LogP contribution in [-0.4, -0.2) is 42.0 Å². The molecular formula is C13H18Cl2N2O3. The number of benzene rings is 1. The van der Waals surface area contributed by atoms with Gasteiger partial charge in [-0.15, -0.1) is 12.4 Å². The fourth-order valence-corrected chi connectivity index (χ4v) is 1.60. The summed E-state index contributed by atoms with van der Waals surface area (Å²) in [7, 11) is 1.71. The molecule has 1 rings (SSSR count). The summed E-state index contributed by atoms with van der Waals surface area (Å²) in [6.07, 6.45) is 0.0287. The third-order valence-electron chi connectivity index (χ3n) is 2.52. The minimum absolute atomic E-state index is 0. The van der Waals surface area contributed by atoms with Crippen molar-refractivity contribution in [1.82, 2.24) is 10.2 Å². The Morgan fingerprint density at radius 2 is 1.90 bits per heavy atom. The van der Waals surface area contributed by atoms with Crippen LogP contribution in [-0.2, 0) is 16.1 Å². The van der Waals surface area contributed by atoms with Crippen LogP contribution in [0.4, 0.5) is 0 Å². The van der Waals surface area contributed by atoms with Gasteiger partial charge < -0.3 is 10.4 Å². The second-order valence-corrected chi connectivity index (χ2v) is 4.72. The lowest BCUT2D eigenvalue weighted by molar-refractivity contribution is -0.137. The molecular weight excluding hydrogens is 303 g/mol. The summed E-state index contributed by atoms with van der Waals surface area (Å²) in [4.78, 5) is 23.7. The number of rotatable bonds is 7. The average Bonchev–Trinajstić information content (AvgIpc) is 2.36. The molecule has 0 spiro atoms. The van der Waals surface area contributed by atoms with Gasteiger partial charge in [-0.05, 0) is 24.7 Å². The summed E-state index contributed by atoms with van der Waals surface area (Å²) in [5.41, 5.74) is 0.964. The second kappa shape index (κ2) is 9.58. The van der Waals surface area contributed by atoms with Gasteiger partial charge in [0.05, 0.1) is 13.0 Å². The van der Waals surface area contributed by atoms with Crippen molar-refractivity contribution in [3.05, 3.63) is 34.9 Å². The first kappa shape index (κ1) is 18.7. The van der Waals surface area contributed by atoms with Crippen molar-refractivity contribution in [2.24, 2.45) is 0 Å². The van der Waals surface area contributed by atoms with Crippen LogP contribution in [0.2, 0.25) is 5.02 Å².